The number of hydrogen-bond acceptors (Lipinski definition) is 2. The van der Waals surface area contributed by atoms with Crippen LogP contribution in [0.3, 0.4) is 0 Å². The van der Waals surface area contributed by atoms with E-state index in [4.69, 9.17) is 0 Å². The van der Waals surface area contributed by atoms with E-state index in [9.17, 15) is 5.11 Å². The monoisotopic (exact) mass is 437 g/mol. The average Bonchev–Trinajstić information content (AvgIpc) is 3.71. The Morgan fingerprint density at radius 3 is 2.12 bits per heavy atom. The van der Waals surface area contributed by atoms with Crippen LogP contribution in [0.15, 0.2) is 78.9 Å². The van der Waals surface area contributed by atoms with Crippen molar-refractivity contribution in [1.82, 2.24) is 4.90 Å². The topological polar surface area (TPSA) is 23.5 Å². The first-order chi connectivity index (χ1) is 16.2. The number of benzene rings is 3. The van der Waals surface area contributed by atoms with Crippen LogP contribution < -0.4 is 0 Å². The molecule has 0 unspecified atom stereocenters. The molecule has 33 heavy (non-hydrogen) atoms. The highest BCUT2D eigenvalue weighted by Crippen LogP contribution is 2.38. The molecule has 0 radical (unpaired) electrons. The van der Waals surface area contributed by atoms with Gasteiger partial charge in [-0.2, -0.15) is 0 Å². The second kappa shape index (κ2) is 9.97. The zero-order chi connectivity index (χ0) is 22.6. The Balaban J connectivity index is 1.50. The molecule has 1 N–H and O–H groups in total. The van der Waals surface area contributed by atoms with E-state index < -0.39 is 0 Å². The first kappa shape index (κ1) is 22.0. The summed E-state index contributed by atoms with van der Waals surface area (Å²) in [5, 5.41) is 10.2. The van der Waals surface area contributed by atoms with Crippen LogP contribution in [0.5, 0.6) is 5.75 Å². The van der Waals surface area contributed by atoms with Gasteiger partial charge in [-0.15, -0.1) is 0 Å². The van der Waals surface area contributed by atoms with Crippen molar-refractivity contribution < 1.29 is 5.11 Å². The van der Waals surface area contributed by atoms with Crippen LogP contribution in [0.1, 0.15) is 73.6 Å². The fourth-order valence-corrected chi connectivity index (χ4v) is 5.44. The van der Waals surface area contributed by atoms with Gasteiger partial charge in [0.2, 0.25) is 0 Å². The maximum atomic E-state index is 10.2. The lowest BCUT2D eigenvalue weighted by molar-refractivity contribution is 0.203. The van der Waals surface area contributed by atoms with Gasteiger partial charge in [0.25, 0.3) is 0 Å². The summed E-state index contributed by atoms with van der Waals surface area (Å²) in [4.78, 5) is 2.70. The van der Waals surface area contributed by atoms with E-state index in [1.165, 1.54) is 66.6 Å². The molecule has 5 rings (SSSR count). The molecule has 1 heterocycles. The minimum Gasteiger partial charge on any atom is -0.508 e. The Bertz CT molecular complexity index is 1090. The number of likely N-dealkylation sites (tertiary alicyclic amines) is 1. The van der Waals surface area contributed by atoms with Crippen LogP contribution in [0.25, 0.3) is 11.1 Å². The maximum Gasteiger partial charge on any atom is 0.116 e. The van der Waals surface area contributed by atoms with Gasteiger partial charge in [-0.05, 0) is 96.6 Å². The number of allylic oxidation sites excluding steroid dienone is 1. The van der Waals surface area contributed by atoms with Gasteiger partial charge in [-0.1, -0.05) is 80.1 Å². The maximum absolute atomic E-state index is 10.2. The van der Waals surface area contributed by atoms with E-state index in [0.29, 0.717) is 11.7 Å². The lowest BCUT2D eigenvalue weighted by Crippen LogP contribution is -2.34. The molecule has 0 amide bonds. The lowest BCUT2D eigenvalue weighted by Gasteiger charge is -2.32. The van der Waals surface area contributed by atoms with Crippen LogP contribution in [0.2, 0.25) is 0 Å². The zero-order valence-electron chi connectivity index (χ0n) is 19.7. The minimum atomic E-state index is 0.313. The highest BCUT2D eigenvalue weighted by molar-refractivity contribution is 5.98. The predicted octanol–water partition coefficient (Wildman–Crippen LogP) is 7.49. The van der Waals surface area contributed by atoms with Gasteiger partial charge >= 0.3 is 0 Å². The number of piperidine rings is 1. The van der Waals surface area contributed by atoms with Gasteiger partial charge in [-0.3, -0.25) is 0 Å². The third-order valence-corrected chi connectivity index (χ3v) is 7.32. The number of phenolic OH excluding ortho intramolecular Hbond substituents is 1. The Morgan fingerprint density at radius 1 is 0.788 bits per heavy atom. The predicted molar refractivity (Wildman–Crippen MR) is 138 cm³/mol. The van der Waals surface area contributed by atoms with Crippen molar-refractivity contribution in [3.8, 4) is 5.75 Å². The summed E-state index contributed by atoms with van der Waals surface area (Å²) in [6.45, 7) is 4.74. The second-order valence-electron chi connectivity index (χ2n) is 9.68. The second-order valence-corrected chi connectivity index (χ2v) is 9.68. The molecule has 3 aromatic carbocycles. The van der Waals surface area contributed by atoms with E-state index in [0.717, 1.165) is 24.4 Å². The van der Waals surface area contributed by atoms with Gasteiger partial charge in [0.15, 0.2) is 0 Å². The van der Waals surface area contributed by atoms with E-state index in [1.54, 1.807) is 6.07 Å². The molecule has 170 valence electrons. The molecule has 0 bridgehead atoms. The third kappa shape index (κ3) is 5.07. The highest BCUT2D eigenvalue weighted by atomic mass is 16.3. The van der Waals surface area contributed by atoms with Crippen LogP contribution in [0, 0.1) is 0 Å². The summed E-state index contributed by atoms with van der Waals surface area (Å²) in [5.74, 6) is 0.986. The minimum absolute atomic E-state index is 0.313. The fourth-order valence-electron chi connectivity index (χ4n) is 5.44. The molecule has 2 aliphatic rings. The highest BCUT2D eigenvalue weighted by Gasteiger charge is 2.32. The molecule has 1 aliphatic heterocycles. The van der Waals surface area contributed by atoms with Gasteiger partial charge < -0.3 is 10.0 Å². The van der Waals surface area contributed by atoms with Crippen LogP contribution in [0.4, 0.5) is 0 Å². The lowest BCUT2D eigenvalue weighted by atomic mass is 9.85. The van der Waals surface area contributed by atoms with Crippen LogP contribution >= 0.6 is 0 Å². The molecule has 0 aromatic heterocycles. The Hall–Kier alpha value is -2.84. The summed E-state index contributed by atoms with van der Waals surface area (Å²) in [6.07, 6.45) is 7.43. The van der Waals surface area contributed by atoms with Crippen LogP contribution in [-0.4, -0.2) is 29.1 Å². The molecule has 2 fully saturated rings. The molecule has 2 nitrogen and oxygen atoms in total. The molecule has 1 saturated heterocycles. The smallest absolute Gasteiger partial charge is 0.116 e. The number of nitrogens with zero attached hydrogens (tertiary/aromatic N) is 1. The summed E-state index contributed by atoms with van der Waals surface area (Å²) in [6, 6.07) is 28.6. The van der Waals surface area contributed by atoms with Crippen molar-refractivity contribution in [2.24, 2.45) is 0 Å². The van der Waals surface area contributed by atoms with Crippen LogP contribution in [-0.2, 0) is 0 Å². The van der Waals surface area contributed by atoms with Crippen molar-refractivity contribution in [3.05, 3.63) is 101 Å². The first-order valence-electron chi connectivity index (χ1n) is 12.7. The molecule has 1 aliphatic carbocycles. The fraction of sp³-hybridized carbons (Fsp3) is 0.355. The molecular formula is C31H35NO. The summed E-state index contributed by atoms with van der Waals surface area (Å²) < 4.78 is 0. The SMILES string of the molecule is CCC/C(=C(/c1ccc(C2CCN(C3CC3)CC2)cc1)c1cccc(O)c1)c1ccccc1. The summed E-state index contributed by atoms with van der Waals surface area (Å²) in [7, 11) is 0. The number of aromatic hydroxyl groups is 1. The Labute approximate surface area is 198 Å². The summed E-state index contributed by atoms with van der Waals surface area (Å²) >= 11 is 0. The Morgan fingerprint density at radius 2 is 1.48 bits per heavy atom. The molecule has 2 heteroatoms. The van der Waals surface area contributed by atoms with Crippen molar-refractivity contribution in [1.29, 1.82) is 0 Å². The van der Waals surface area contributed by atoms with E-state index in [2.05, 4.69) is 72.5 Å². The van der Waals surface area contributed by atoms with E-state index in [1.807, 2.05) is 12.1 Å². The number of hydrogen-bond donors (Lipinski definition) is 1. The number of rotatable bonds is 7. The first-order valence-corrected chi connectivity index (χ1v) is 12.7. The molecular weight excluding hydrogens is 402 g/mol. The normalized spacial score (nSPS) is 18.2. The third-order valence-electron chi connectivity index (χ3n) is 7.32. The van der Waals surface area contributed by atoms with Crippen molar-refractivity contribution in [2.45, 2.75) is 57.4 Å². The molecule has 3 aromatic rings. The average molecular weight is 438 g/mol. The molecule has 0 spiro atoms. The quantitative estimate of drug-likeness (QED) is 0.387. The van der Waals surface area contributed by atoms with Crippen molar-refractivity contribution in [3.63, 3.8) is 0 Å². The van der Waals surface area contributed by atoms with Gasteiger partial charge in [0.1, 0.15) is 5.75 Å². The van der Waals surface area contributed by atoms with E-state index in [-0.39, 0.29) is 0 Å². The zero-order valence-corrected chi connectivity index (χ0v) is 19.7. The largest absolute Gasteiger partial charge is 0.508 e. The van der Waals surface area contributed by atoms with Crippen molar-refractivity contribution >= 4 is 11.1 Å². The molecule has 1 saturated carbocycles. The van der Waals surface area contributed by atoms with Gasteiger partial charge in [0, 0.05) is 6.04 Å². The van der Waals surface area contributed by atoms with Crippen molar-refractivity contribution in [2.75, 3.05) is 13.1 Å². The standard InChI is InChI=1S/C31H35NO/c1-2-7-30(25-8-4-3-5-9-25)31(27-10-6-11-29(33)22-27)26-14-12-23(13-15-26)24-18-20-32(21-19-24)28-16-17-28/h3-6,8-15,22,24,28,33H,2,7,16-21H2,1H3/b31-30+. The van der Waals surface area contributed by atoms with Gasteiger partial charge in [0.05, 0.1) is 0 Å². The Kier molecular flexibility index (Phi) is 6.64. The van der Waals surface area contributed by atoms with Gasteiger partial charge in [-0.25, -0.2) is 0 Å². The summed E-state index contributed by atoms with van der Waals surface area (Å²) in [5.41, 5.74) is 7.61. The van der Waals surface area contributed by atoms with E-state index >= 15 is 0 Å². The molecule has 0 atom stereocenters. The number of phenols is 1.